The highest BCUT2D eigenvalue weighted by atomic mass is 16.5. The van der Waals surface area contributed by atoms with Gasteiger partial charge in [-0.1, -0.05) is 27.2 Å². The van der Waals surface area contributed by atoms with Gasteiger partial charge in [-0.2, -0.15) is 0 Å². The maximum atomic E-state index is 11.6. The van der Waals surface area contributed by atoms with Gasteiger partial charge in [-0.15, -0.1) is 0 Å². The standard InChI is InChI=1S/C15H29NO2/c1-10(2)13-7-6-12(5)8-14(13)18-9-15(17)16-11(3)4/h10-14H,6-9H2,1-5H3,(H,16,17). The van der Waals surface area contributed by atoms with E-state index >= 15 is 0 Å². The van der Waals surface area contributed by atoms with Crippen LogP contribution in [0.1, 0.15) is 53.9 Å². The number of ether oxygens (including phenoxy) is 1. The van der Waals surface area contributed by atoms with Crippen molar-refractivity contribution in [1.82, 2.24) is 5.32 Å². The lowest BCUT2D eigenvalue weighted by Crippen LogP contribution is -2.39. The van der Waals surface area contributed by atoms with Crippen molar-refractivity contribution in [2.45, 2.75) is 66.0 Å². The van der Waals surface area contributed by atoms with Crippen LogP contribution in [-0.2, 0) is 9.53 Å². The fraction of sp³-hybridized carbons (Fsp3) is 0.933. The molecule has 0 radical (unpaired) electrons. The summed E-state index contributed by atoms with van der Waals surface area (Å²) in [4.78, 5) is 11.6. The van der Waals surface area contributed by atoms with Crippen LogP contribution < -0.4 is 5.32 Å². The van der Waals surface area contributed by atoms with Gasteiger partial charge in [0, 0.05) is 6.04 Å². The van der Waals surface area contributed by atoms with E-state index < -0.39 is 0 Å². The maximum Gasteiger partial charge on any atom is 0.246 e. The van der Waals surface area contributed by atoms with Crippen molar-refractivity contribution in [2.24, 2.45) is 17.8 Å². The molecule has 0 spiro atoms. The molecule has 106 valence electrons. The lowest BCUT2D eigenvalue weighted by molar-refractivity contribution is -0.131. The fourth-order valence-corrected chi connectivity index (χ4v) is 2.85. The summed E-state index contributed by atoms with van der Waals surface area (Å²) in [6.45, 7) is 10.9. The van der Waals surface area contributed by atoms with Gasteiger partial charge < -0.3 is 10.1 Å². The molecule has 0 heterocycles. The third kappa shape index (κ3) is 4.97. The Labute approximate surface area is 112 Å². The summed E-state index contributed by atoms with van der Waals surface area (Å²) in [5.74, 6) is 1.97. The molecule has 0 aliphatic heterocycles. The molecule has 1 rings (SSSR count). The van der Waals surface area contributed by atoms with Crippen LogP contribution in [0, 0.1) is 17.8 Å². The molecule has 0 saturated heterocycles. The van der Waals surface area contributed by atoms with Gasteiger partial charge in [0.1, 0.15) is 6.61 Å². The van der Waals surface area contributed by atoms with Gasteiger partial charge in [0.2, 0.25) is 5.91 Å². The molecule has 1 aliphatic carbocycles. The van der Waals surface area contributed by atoms with E-state index in [0.717, 1.165) is 12.3 Å². The monoisotopic (exact) mass is 255 g/mol. The first-order valence-corrected chi connectivity index (χ1v) is 7.31. The highest BCUT2D eigenvalue weighted by Crippen LogP contribution is 2.35. The topological polar surface area (TPSA) is 38.3 Å². The van der Waals surface area contributed by atoms with Gasteiger partial charge in [0.05, 0.1) is 6.10 Å². The van der Waals surface area contributed by atoms with E-state index in [1.165, 1.54) is 12.8 Å². The van der Waals surface area contributed by atoms with E-state index in [2.05, 4.69) is 26.1 Å². The molecule has 1 N–H and O–H groups in total. The smallest absolute Gasteiger partial charge is 0.246 e. The van der Waals surface area contributed by atoms with Crippen molar-refractivity contribution in [2.75, 3.05) is 6.61 Å². The molecule has 3 nitrogen and oxygen atoms in total. The van der Waals surface area contributed by atoms with Crippen molar-refractivity contribution in [1.29, 1.82) is 0 Å². The summed E-state index contributed by atoms with van der Waals surface area (Å²) in [7, 11) is 0. The van der Waals surface area contributed by atoms with Crippen LogP contribution in [0.2, 0.25) is 0 Å². The summed E-state index contributed by atoms with van der Waals surface area (Å²) in [6, 6.07) is 0.187. The summed E-state index contributed by atoms with van der Waals surface area (Å²) in [5.41, 5.74) is 0. The quantitative estimate of drug-likeness (QED) is 0.820. The van der Waals surface area contributed by atoms with Crippen LogP contribution >= 0.6 is 0 Å². The summed E-state index contributed by atoms with van der Waals surface area (Å²) in [5, 5.41) is 2.87. The summed E-state index contributed by atoms with van der Waals surface area (Å²) < 4.78 is 5.88. The highest BCUT2D eigenvalue weighted by molar-refractivity contribution is 5.77. The van der Waals surface area contributed by atoms with E-state index in [-0.39, 0.29) is 24.7 Å². The van der Waals surface area contributed by atoms with Crippen molar-refractivity contribution < 1.29 is 9.53 Å². The molecule has 18 heavy (non-hydrogen) atoms. The SMILES string of the molecule is CC1CCC(C(C)C)C(OCC(=O)NC(C)C)C1. The molecule has 1 amide bonds. The van der Waals surface area contributed by atoms with Crippen LogP contribution in [0.5, 0.6) is 0 Å². The number of hydrogen-bond donors (Lipinski definition) is 1. The Kier molecular flexibility index (Phi) is 6.13. The van der Waals surface area contributed by atoms with Gasteiger partial charge >= 0.3 is 0 Å². The zero-order chi connectivity index (χ0) is 13.7. The van der Waals surface area contributed by atoms with Gasteiger partial charge in [-0.25, -0.2) is 0 Å². The second kappa shape index (κ2) is 7.13. The zero-order valence-electron chi connectivity index (χ0n) is 12.5. The minimum absolute atomic E-state index is 0.00531. The van der Waals surface area contributed by atoms with E-state index in [9.17, 15) is 4.79 Å². The Balaban J connectivity index is 2.43. The molecular weight excluding hydrogens is 226 g/mol. The number of carbonyl (C=O) groups is 1. The molecule has 3 heteroatoms. The molecule has 1 saturated carbocycles. The summed E-state index contributed by atoms with van der Waals surface area (Å²) in [6.07, 6.45) is 3.88. The zero-order valence-corrected chi connectivity index (χ0v) is 12.5. The Bertz CT molecular complexity index is 263. The Morgan fingerprint density at radius 2 is 1.94 bits per heavy atom. The van der Waals surface area contributed by atoms with Crippen LogP contribution in [0.4, 0.5) is 0 Å². The van der Waals surface area contributed by atoms with Crippen LogP contribution in [-0.4, -0.2) is 24.7 Å². The average molecular weight is 255 g/mol. The van der Waals surface area contributed by atoms with Crippen LogP contribution in [0.15, 0.2) is 0 Å². The maximum absolute atomic E-state index is 11.6. The van der Waals surface area contributed by atoms with E-state index in [4.69, 9.17) is 4.74 Å². The second-order valence-corrected chi connectivity index (χ2v) is 6.40. The van der Waals surface area contributed by atoms with Crippen LogP contribution in [0.3, 0.4) is 0 Å². The number of hydrogen-bond acceptors (Lipinski definition) is 2. The predicted octanol–water partition coefficient (Wildman–Crippen LogP) is 2.99. The second-order valence-electron chi connectivity index (χ2n) is 6.40. The molecule has 3 atom stereocenters. The number of carbonyl (C=O) groups excluding carboxylic acids is 1. The van der Waals surface area contributed by atoms with Crippen molar-refractivity contribution in [3.8, 4) is 0 Å². The van der Waals surface area contributed by atoms with E-state index in [1.807, 2.05) is 13.8 Å². The Morgan fingerprint density at radius 1 is 1.28 bits per heavy atom. The van der Waals surface area contributed by atoms with Gasteiger partial charge in [0.25, 0.3) is 0 Å². The third-order valence-electron chi connectivity index (χ3n) is 3.84. The van der Waals surface area contributed by atoms with Crippen molar-refractivity contribution >= 4 is 5.91 Å². The van der Waals surface area contributed by atoms with Crippen molar-refractivity contribution in [3.05, 3.63) is 0 Å². The van der Waals surface area contributed by atoms with Gasteiger partial charge in [0.15, 0.2) is 0 Å². The minimum atomic E-state index is 0.00531. The molecule has 0 aromatic rings. The molecule has 0 bridgehead atoms. The van der Waals surface area contributed by atoms with E-state index in [0.29, 0.717) is 11.8 Å². The van der Waals surface area contributed by atoms with Crippen LogP contribution in [0.25, 0.3) is 0 Å². The molecule has 0 aromatic heterocycles. The number of rotatable bonds is 5. The average Bonchev–Trinajstić information content (AvgIpc) is 2.25. The molecule has 1 fully saturated rings. The first-order chi connectivity index (χ1) is 8.40. The number of nitrogens with one attached hydrogen (secondary N) is 1. The van der Waals surface area contributed by atoms with Gasteiger partial charge in [-0.3, -0.25) is 4.79 Å². The normalized spacial score (nSPS) is 28.7. The Hall–Kier alpha value is -0.570. The molecular formula is C15H29NO2. The summed E-state index contributed by atoms with van der Waals surface area (Å²) >= 11 is 0. The predicted molar refractivity (Wildman–Crippen MR) is 74.4 cm³/mol. The molecule has 1 aliphatic rings. The first kappa shape index (κ1) is 15.5. The third-order valence-corrected chi connectivity index (χ3v) is 3.84. The largest absolute Gasteiger partial charge is 0.368 e. The minimum Gasteiger partial charge on any atom is -0.368 e. The fourth-order valence-electron chi connectivity index (χ4n) is 2.85. The first-order valence-electron chi connectivity index (χ1n) is 7.31. The lowest BCUT2D eigenvalue weighted by Gasteiger charge is -2.37. The highest BCUT2D eigenvalue weighted by Gasteiger charge is 2.31. The van der Waals surface area contributed by atoms with Crippen molar-refractivity contribution in [3.63, 3.8) is 0 Å². The van der Waals surface area contributed by atoms with E-state index in [1.54, 1.807) is 0 Å². The number of amides is 1. The Morgan fingerprint density at radius 3 is 2.50 bits per heavy atom. The molecule has 0 aromatic carbocycles. The molecule has 3 unspecified atom stereocenters. The lowest BCUT2D eigenvalue weighted by atomic mass is 9.75. The van der Waals surface area contributed by atoms with Gasteiger partial charge in [-0.05, 0) is 44.4 Å².